The van der Waals surface area contributed by atoms with Gasteiger partial charge < -0.3 is 5.11 Å². The minimum Gasteiger partial charge on any atom is -0.478 e. The minimum absolute atomic E-state index is 0.858. The van der Waals surface area contributed by atoms with Crippen molar-refractivity contribution in [3.8, 4) is 0 Å². The van der Waals surface area contributed by atoms with Crippen molar-refractivity contribution in [2.24, 2.45) is 5.92 Å². The van der Waals surface area contributed by atoms with Crippen LogP contribution in [0.1, 0.15) is 37.3 Å². The first-order valence-corrected chi connectivity index (χ1v) is 7.40. The van der Waals surface area contributed by atoms with E-state index >= 15 is 0 Å². The van der Waals surface area contributed by atoms with Crippen LogP contribution in [-0.2, 0) is 11.3 Å². The summed E-state index contributed by atoms with van der Waals surface area (Å²) in [6.07, 6.45) is 6.99. The van der Waals surface area contributed by atoms with Gasteiger partial charge in [0.25, 0.3) is 0 Å². The van der Waals surface area contributed by atoms with Gasteiger partial charge in [-0.3, -0.25) is 4.90 Å². The lowest BCUT2D eigenvalue weighted by Gasteiger charge is -2.32. The largest absolute Gasteiger partial charge is 0.478 e. The second-order valence-corrected chi connectivity index (χ2v) is 5.50. The quantitative estimate of drug-likeness (QED) is 0.774. The summed E-state index contributed by atoms with van der Waals surface area (Å²) in [5, 5.41) is 8.75. The maximum Gasteiger partial charge on any atom is 0.328 e. The Morgan fingerprint density at radius 3 is 2.75 bits per heavy atom. The fourth-order valence-corrected chi connectivity index (χ4v) is 2.59. The van der Waals surface area contributed by atoms with Gasteiger partial charge in [0.15, 0.2) is 0 Å². The highest BCUT2D eigenvalue weighted by Crippen LogP contribution is 2.27. The molecular formula is C17H23NO2. The smallest absolute Gasteiger partial charge is 0.328 e. The van der Waals surface area contributed by atoms with Gasteiger partial charge in [-0.2, -0.15) is 0 Å². The SMILES string of the molecule is CCN(Cc1ccccc1/C=C/C(=O)O)CC1CCC1. The molecule has 0 aromatic heterocycles. The normalized spacial score (nSPS) is 15.7. The predicted molar refractivity (Wildman–Crippen MR) is 81.4 cm³/mol. The molecule has 0 heterocycles. The molecule has 0 saturated heterocycles. The van der Waals surface area contributed by atoms with Crippen molar-refractivity contribution >= 4 is 12.0 Å². The number of carboxylic acid groups (broad SMARTS) is 1. The van der Waals surface area contributed by atoms with E-state index in [1.807, 2.05) is 18.2 Å². The summed E-state index contributed by atoms with van der Waals surface area (Å²) in [4.78, 5) is 13.1. The summed E-state index contributed by atoms with van der Waals surface area (Å²) in [6.45, 7) is 5.28. The molecule has 1 N–H and O–H groups in total. The van der Waals surface area contributed by atoms with Gasteiger partial charge in [0.2, 0.25) is 0 Å². The summed E-state index contributed by atoms with van der Waals surface area (Å²) in [7, 11) is 0. The highest BCUT2D eigenvalue weighted by Gasteiger charge is 2.20. The third-order valence-electron chi connectivity index (χ3n) is 4.04. The van der Waals surface area contributed by atoms with Crippen LogP contribution in [0.2, 0.25) is 0 Å². The monoisotopic (exact) mass is 273 g/mol. The predicted octanol–water partition coefficient (Wildman–Crippen LogP) is 3.41. The molecule has 1 aliphatic rings. The first-order valence-electron chi connectivity index (χ1n) is 7.40. The van der Waals surface area contributed by atoms with Gasteiger partial charge in [0, 0.05) is 19.2 Å². The number of aliphatic carboxylic acids is 1. The molecule has 0 radical (unpaired) electrons. The van der Waals surface area contributed by atoms with Crippen molar-refractivity contribution < 1.29 is 9.90 Å². The number of nitrogens with zero attached hydrogens (tertiary/aromatic N) is 1. The zero-order valence-electron chi connectivity index (χ0n) is 12.1. The van der Waals surface area contributed by atoms with Gasteiger partial charge in [0.05, 0.1) is 0 Å². The van der Waals surface area contributed by atoms with Crippen LogP contribution >= 0.6 is 0 Å². The van der Waals surface area contributed by atoms with E-state index in [1.54, 1.807) is 6.08 Å². The Hall–Kier alpha value is -1.61. The van der Waals surface area contributed by atoms with E-state index < -0.39 is 5.97 Å². The molecule has 0 atom stereocenters. The van der Waals surface area contributed by atoms with Crippen LogP contribution in [0, 0.1) is 5.92 Å². The number of hydrogen-bond donors (Lipinski definition) is 1. The highest BCUT2D eigenvalue weighted by atomic mass is 16.4. The number of hydrogen-bond acceptors (Lipinski definition) is 2. The Bertz CT molecular complexity index is 478. The van der Waals surface area contributed by atoms with Gasteiger partial charge in [-0.15, -0.1) is 0 Å². The molecule has 0 bridgehead atoms. The van der Waals surface area contributed by atoms with Crippen LogP contribution < -0.4 is 0 Å². The second kappa shape index (κ2) is 7.25. The van der Waals surface area contributed by atoms with Gasteiger partial charge in [-0.05, 0) is 42.5 Å². The van der Waals surface area contributed by atoms with E-state index in [0.717, 1.165) is 31.1 Å². The molecule has 108 valence electrons. The maximum absolute atomic E-state index is 10.7. The van der Waals surface area contributed by atoms with Gasteiger partial charge in [-0.1, -0.05) is 37.6 Å². The summed E-state index contributed by atoms with van der Waals surface area (Å²) < 4.78 is 0. The van der Waals surface area contributed by atoms with Crippen molar-refractivity contribution in [1.29, 1.82) is 0 Å². The lowest BCUT2D eigenvalue weighted by atomic mass is 9.85. The Labute approximate surface area is 120 Å². The molecule has 1 aromatic carbocycles. The Kier molecular flexibility index (Phi) is 5.36. The van der Waals surface area contributed by atoms with Gasteiger partial charge in [0.1, 0.15) is 0 Å². The third kappa shape index (κ3) is 4.20. The van der Waals surface area contributed by atoms with E-state index in [0.29, 0.717) is 0 Å². The standard InChI is InChI=1S/C17H23NO2/c1-2-18(12-14-6-5-7-14)13-16-9-4-3-8-15(16)10-11-17(19)20/h3-4,8-11,14H,2,5-7,12-13H2,1H3,(H,19,20)/b11-10+. The third-order valence-corrected chi connectivity index (χ3v) is 4.04. The van der Waals surface area contributed by atoms with Crippen LogP contribution in [0.15, 0.2) is 30.3 Å². The molecule has 1 aliphatic carbocycles. The zero-order valence-corrected chi connectivity index (χ0v) is 12.1. The van der Waals surface area contributed by atoms with E-state index in [-0.39, 0.29) is 0 Å². The lowest BCUT2D eigenvalue weighted by Crippen LogP contribution is -2.32. The maximum atomic E-state index is 10.7. The molecule has 0 spiro atoms. The van der Waals surface area contributed by atoms with Crippen molar-refractivity contribution in [2.45, 2.75) is 32.7 Å². The second-order valence-electron chi connectivity index (χ2n) is 5.50. The van der Waals surface area contributed by atoms with Crippen LogP contribution in [0.4, 0.5) is 0 Å². The van der Waals surface area contributed by atoms with Gasteiger partial charge >= 0.3 is 5.97 Å². The minimum atomic E-state index is -0.901. The number of benzene rings is 1. The molecule has 0 amide bonds. The number of carboxylic acids is 1. The number of rotatable bonds is 7. The molecule has 1 fully saturated rings. The molecule has 3 heteroatoms. The van der Waals surface area contributed by atoms with Crippen LogP contribution in [0.3, 0.4) is 0 Å². The molecule has 2 rings (SSSR count). The Morgan fingerprint density at radius 2 is 2.15 bits per heavy atom. The molecule has 0 aliphatic heterocycles. The number of carbonyl (C=O) groups is 1. The van der Waals surface area contributed by atoms with E-state index in [4.69, 9.17) is 5.11 Å². The van der Waals surface area contributed by atoms with Crippen molar-refractivity contribution in [3.05, 3.63) is 41.5 Å². The highest BCUT2D eigenvalue weighted by molar-refractivity contribution is 5.85. The molecule has 0 unspecified atom stereocenters. The van der Waals surface area contributed by atoms with Crippen LogP contribution in [0.5, 0.6) is 0 Å². The molecule has 1 saturated carbocycles. The van der Waals surface area contributed by atoms with Crippen molar-refractivity contribution in [1.82, 2.24) is 4.90 Å². The van der Waals surface area contributed by atoms with Crippen LogP contribution in [-0.4, -0.2) is 29.1 Å². The first kappa shape index (κ1) is 14.8. The fraction of sp³-hybridized carbons (Fsp3) is 0.471. The average molecular weight is 273 g/mol. The average Bonchev–Trinajstić information content (AvgIpc) is 2.40. The summed E-state index contributed by atoms with van der Waals surface area (Å²) in [5.74, 6) is -0.0432. The van der Waals surface area contributed by atoms with E-state index in [2.05, 4.69) is 17.9 Å². The van der Waals surface area contributed by atoms with Crippen molar-refractivity contribution in [2.75, 3.05) is 13.1 Å². The molecule has 1 aromatic rings. The van der Waals surface area contributed by atoms with E-state index in [9.17, 15) is 4.79 Å². The Morgan fingerprint density at radius 1 is 1.40 bits per heavy atom. The van der Waals surface area contributed by atoms with E-state index in [1.165, 1.54) is 30.9 Å². The van der Waals surface area contributed by atoms with Crippen LogP contribution in [0.25, 0.3) is 6.08 Å². The fourth-order valence-electron chi connectivity index (χ4n) is 2.59. The molecule has 20 heavy (non-hydrogen) atoms. The first-order chi connectivity index (χ1) is 9.69. The molecular weight excluding hydrogens is 250 g/mol. The Balaban J connectivity index is 2.04. The lowest BCUT2D eigenvalue weighted by molar-refractivity contribution is -0.131. The summed E-state index contributed by atoms with van der Waals surface area (Å²) >= 11 is 0. The van der Waals surface area contributed by atoms with Crippen molar-refractivity contribution in [3.63, 3.8) is 0 Å². The topological polar surface area (TPSA) is 40.5 Å². The summed E-state index contributed by atoms with van der Waals surface area (Å²) in [5.41, 5.74) is 2.20. The summed E-state index contributed by atoms with van der Waals surface area (Å²) in [6, 6.07) is 8.04. The zero-order chi connectivity index (χ0) is 14.4. The molecule has 3 nitrogen and oxygen atoms in total. The van der Waals surface area contributed by atoms with Gasteiger partial charge in [-0.25, -0.2) is 4.79 Å².